The fraction of sp³-hybridized carbons (Fsp3) is 0.474. The molecule has 2 aromatic rings. The maximum atomic E-state index is 2.40. The van der Waals surface area contributed by atoms with Crippen LogP contribution in [-0.2, 0) is 17.1 Å². The van der Waals surface area contributed by atoms with Gasteiger partial charge in [0.05, 0.1) is 8.07 Å². The van der Waals surface area contributed by atoms with E-state index in [-0.39, 0.29) is 17.1 Å². The van der Waals surface area contributed by atoms with Gasteiger partial charge >= 0.3 is 17.1 Å². The van der Waals surface area contributed by atoms with Crippen molar-refractivity contribution in [3.8, 4) is 0 Å². The zero-order valence-electron chi connectivity index (χ0n) is 14.2. The Morgan fingerprint density at radius 1 is 1.00 bits per heavy atom. The molecule has 0 aromatic heterocycles. The summed E-state index contributed by atoms with van der Waals surface area (Å²) in [6.07, 6.45) is 0. The number of rotatable bonds is 5. The molecule has 0 unspecified atom stereocenters. The maximum Gasteiger partial charge on any atom is 2.00 e. The third-order valence-corrected chi connectivity index (χ3v) is 10.3. The van der Waals surface area contributed by atoms with E-state index in [2.05, 4.69) is 52.8 Å². The normalized spacial score (nSPS) is 10.8. The third kappa shape index (κ3) is 5.29. The van der Waals surface area contributed by atoms with Gasteiger partial charge < -0.3 is 0 Å². The van der Waals surface area contributed by atoms with Crippen LogP contribution in [0, 0.1) is 0 Å². The maximum absolute atomic E-state index is 2.40. The first-order chi connectivity index (χ1) is 9.61. The Morgan fingerprint density at radius 3 is 1.86 bits per heavy atom. The predicted octanol–water partition coefficient (Wildman–Crippen LogP) is 5.65. The van der Waals surface area contributed by atoms with E-state index in [0.29, 0.717) is 5.92 Å². The largest absolute Gasteiger partial charge is 2.00 e. The monoisotopic (exact) mass is 342 g/mol. The van der Waals surface area contributed by atoms with Crippen molar-refractivity contribution in [1.82, 2.24) is 0 Å². The summed E-state index contributed by atoms with van der Waals surface area (Å²) < 4.78 is 0. The van der Waals surface area contributed by atoms with Gasteiger partial charge in [0, 0.05) is 0 Å². The summed E-state index contributed by atoms with van der Waals surface area (Å²) in [5.74, 6) is 0.687. The summed E-state index contributed by atoms with van der Waals surface area (Å²) in [6, 6.07) is 21.2. The summed E-state index contributed by atoms with van der Waals surface area (Å²) in [5.41, 5.74) is 1.62. The second kappa shape index (κ2) is 10.2. The molecule has 0 radical (unpaired) electrons. The van der Waals surface area contributed by atoms with E-state index in [9.17, 15) is 0 Å². The Labute approximate surface area is 143 Å². The molecule has 0 aliphatic carbocycles. The molecule has 0 amide bonds. The molecule has 118 valence electrons. The first kappa shape index (κ1) is 20.4. The van der Waals surface area contributed by atoms with E-state index in [1.807, 2.05) is 30.3 Å². The van der Waals surface area contributed by atoms with Crippen LogP contribution in [0.5, 0.6) is 0 Å². The van der Waals surface area contributed by atoms with Gasteiger partial charge in [0.25, 0.3) is 0 Å². The van der Waals surface area contributed by atoms with Crippen molar-refractivity contribution in [1.29, 1.82) is 0 Å². The number of hydrogen-bond donors (Lipinski definition) is 0. The molecule has 0 N–H and O–H groups in total. The Kier molecular flexibility index (Phi) is 9.94. The van der Waals surface area contributed by atoms with Crippen molar-refractivity contribution >= 4 is 13.3 Å². The first-order valence-electron chi connectivity index (χ1n) is 8.04. The fourth-order valence-corrected chi connectivity index (χ4v) is 7.14. The molecule has 2 rings (SSSR count). The minimum absolute atomic E-state index is 0. The second-order valence-electron chi connectivity index (χ2n) is 5.85. The molecule has 0 nitrogen and oxygen atoms in total. The molecule has 0 bridgehead atoms. The van der Waals surface area contributed by atoms with Crippen LogP contribution in [0.15, 0.2) is 48.5 Å². The molecule has 2 aromatic carbocycles. The number of hydrogen-bond acceptors (Lipinski definition) is 0. The van der Waals surface area contributed by atoms with Crippen molar-refractivity contribution in [3.63, 3.8) is 0 Å². The second-order valence-corrected chi connectivity index (χ2v) is 11.1. The minimum Gasteiger partial charge on any atom is -0.214 e. The standard InChI is InChI=1S/C14H25Si.C5H5.Fe/c1-6-15(7-2,8-3)14-11-9-10-13(14)12(4)5;1-2-4-5-3-1;/h9-12H,6-8H2,1-5H3;1-5H;/q2*-1;+2. The molecule has 21 heavy (non-hydrogen) atoms. The summed E-state index contributed by atoms with van der Waals surface area (Å²) in [5, 5.41) is 1.74. The van der Waals surface area contributed by atoms with Crippen molar-refractivity contribution in [2.24, 2.45) is 0 Å². The third-order valence-electron chi connectivity index (χ3n) is 4.63. The Hall–Kier alpha value is -0.564. The van der Waals surface area contributed by atoms with E-state index >= 15 is 0 Å². The topological polar surface area (TPSA) is 0 Å². The van der Waals surface area contributed by atoms with Crippen LogP contribution in [0.25, 0.3) is 0 Å². The molecule has 0 spiro atoms. The van der Waals surface area contributed by atoms with Gasteiger partial charge in [-0.3, -0.25) is 0 Å². The smallest absolute Gasteiger partial charge is 0.214 e. The Bertz CT molecular complexity index is 424. The van der Waals surface area contributed by atoms with Crippen molar-refractivity contribution in [2.75, 3.05) is 0 Å². The molecule has 0 aliphatic heterocycles. The Balaban J connectivity index is 0.000000562. The zero-order chi connectivity index (χ0) is 15.0. The van der Waals surface area contributed by atoms with Crippen LogP contribution >= 0.6 is 0 Å². The van der Waals surface area contributed by atoms with Crippen LogP contribution in [0.2, 0.25) is 18.1 Å². The van der Waals surface area contributed by atoms with Gasteiger partial charge in [-0.05, 0) is 0 Å². The van der Waals surface area contributed by atoms with Gasteiger partial charge in [-0.15, -0.1) is 0 Å². The molecule has 0 heterocycles. The van der Waals surface area contributed by atoms with Crippen LogP contribution in [-0.4, -0.2) is 8.07 Å². The summed E-state index contributed by atoms with van der Waals surface area (Å²) >= 11 is 0. The summed E-state index contributed by atoms with van der Waals surface area (Å²) in [4.78, 5) is 0. The van der Waals surface area contributed by atoms with E-state index in [1.165, 1.54) is 18.1 Å². The molecule has 0 saturated heterocycles. The van der Waals surface area contributed by atoms with Crippen LogP contribution in [0.1, 0.15) is 46.1 Å². The minimum atomic E-state index is -1.15. The van der Waals surface area contributed by atoms with Crippen LogP contribution in [0.3, 0.4) is 0 Å². The van der Waals surface area contributed by atoms with Crippen LogP contribution in [0.4, 0.5) is 0 Å². The van der Waals surface area contributed by atoms with Gasteiger partial charge in [-0.2, -0.15) is 35.0 Å². The molecule has 0 fully saturated rings. The van der Waals surface area contributed by atoms with E-state index < -0.39 is 8.07 Å². The Morgan fingerprint density at radius 2 is 1.52 bits per heavy atom. The average Bonchev–Trinajstić information content (AvgIpc) is 3.16. The summed E-state index contributed by atoms with van der Waals surface area (Å²) in [6.45, 7) is 11.8. The fourth-order valence-electron chi connectivity index (χ4n) is 3.06. The molecular formula is C19H30FeSi. The van der Waals surface area contributed by atoms with E-state index in [0.717, 1.165) is 0 Å². The first-order valence-corrected chi connectivity index (χ1v) is 10.7. The van der Waals surface area contributed by atoms with Gasteiger partial charge in [0.2, 0.25) is 0 Å². The molecule has 0 atom stereocenters. The average molecular weight is 342 g/mol. The molecule has 0 saturated carbocycles. The SMILES string of the molecule is CC[Si](CC)(CC)c1ccc[c-]1C(C)C.[Fe+2].c1cc[cH-]c1. The van der Waals surface area contributed by atoms with Crippen molar-refractivity contribution in [2.45, 2.75) is 58.7 Å². The van der Waals surface area contributed by atoms with Gasteiger partial charge in [0.1, 0.15) is 0 Å². The zero-order valence-corrected chi connectivity index (χ0v) is 16.3. The van der Waals surface area contributed by atoms with E-state index in [4.69, 9.17) is 0 Å². The van der Waals surface area contributed by atoms with Gasteiger partial charge in [-0.1, -0.05) is 58.7 Å². The quantitative estimate of drug-likeness (QED) is 0.487. The van der Waals surface area contributed by atoms with Crippen LogP contribution < -0.4 is 5.19 Å². The van der Waals surface area contributed by atoms with Gasteiger partial charge in [0.15, 0.2) is 0 Å². The van der Waals surface area contributed by atoms with Crippen molar-refractivity contribution in [3.05, 3.63) is 54.1 Å². The molecular weight excluding hydrogens is 312 g/mol. The van der Waals surface area contributed by atoms with E-state index in [1.54, 1.807) is 10.8 Å². The van der Waals surface area contributed by atoms with Gasteiger partial charge in [-0.25, -0.2) is 24.3 Å². The van der Waals surface area contributed by atoms with Crippen molar-refractivity contribution < 1.29 is 17.1 Å². The molecule has 0 aliphatic rings. The predicted molar refractivity (Wildman–Crippen MR) is 95.0 cm³/mol. The summed E-state index contributed by atoms with van der Waals surface area (Å²) in [7, 11) is -1.15. The molecule has 2 heteroatoms.